The molecule has 1 saturated heterocycles. The molecule has 0 radical (unpaired) electrons. The summed E-state index contributed by atoms with van der Waals surface area (Å²) in [5, 5.41) is 8.76. The highest BCUT2D eigenvalue weighted by molar-refractivity contribution is 7.89. The topological polar surface area (TPSA) is 104 Å². The molecule has 1 aliphatic heterocycles. The summed E-state index contributed by atoms with van der Waals surface area (Å²) in [7, 11) is -3.80. The first-order chi connectivity index (χ1) is 9.86. The average Bonchev–Trinajstić information content (AvgIpc) is 2.47. The van der Waals surface area contributed by atoms with E-state index < -0.39 is 21.7 Å². The van der Waals surface area contributed by atoms with Gasteiger partial charge in [-0.15, -0.1) is 0 Å². The number of carbonyl (C=O) groups excluding carboxylic acids is 1. The molecule has 2 rings (SSSR count). The summed E-state index contributed by atoms with van der Waals surface area (Å²) in [6, 6.07) is 4.72. The van der Waals surface area contributed by atoms with Crippen molar-refractivity contribution in [2.75, 3.05) is 13.1 Å². The van der Waals surface area contributed by atoms with Crippen LogP contribution in [0.5, 0.6) is 0 Å². The summed E-state index contributed by atoms with van der Waals surface area (Å²) in [6.07, 6.45) is 0.724. The Kier molecular flexibility index (Phi) is 4.25. The minimum Gasteiger partial charge on any atom is -0.369 e. The molecular formula is C13H14FN3O3S. The highest BCUT2D eigenvalue weighted by atomic mass is 32.2. The third-order valence-electron chi connectivity index (χ3n) is 3.55. The molecule has 1 aromatic carbocycles. The van der Waals surface area contributed by atoms with Gasteiger partial charge >= 0.3 is 0 Å². The number of benzene rings is 1. The molecule has 0 bridgehead atoms. The SMILES string of the molecule is N#Cc1cc(S(=O)(=O)N2CCC(C(N)=O)CC2)ccc1F. The molecule has 0 saturated carbocycles. The maximum absolute atomic E-state index is 13.3. The van der Waals surface area contributed by atoms with Gasteiger partial charge in [-0.2, -0.15) is 9.57 Å². The Balaban J connectivity index is 2.24. The van der Waals surface area contributed by atoms with E-state index in [0.29, 0.717) is 12.8 Å². The summed E-state index contributed by atoms with van der Waals surface area (Å²) in [6.45, 7) is 0.352. The van der Waals surface area contributed by atoms with Crippen molar-refractivity contribution in [2.24, 2.45) is 11.7 Å². The molecule has 0 aromatic heterocycles. The van der Waals surface area contributed by atoms with Gasteiger partial charge in [-0.05, 0) is 31.0 Å². The van der Waals surface area contributed by atoms with Crippen molar-refractivity contribution in [3.63, 3.8) is 0 Å². The molecule has 1 fully saturated rings. The van der Waals surface area contributed by atoms with Crippen molar-refractivity contribution in [2.45, 2.75) is 17.7 Å². The first kappa shape index (κ1) is 15.4. The van der Waals surface area contributed by atoms with Crippen LogP contribution < -0.4 is 5.73 Å². The molecule has 21 heavy (non-hydrogen) atoms. The molecular weight excluding hydrogens is 297 g/mol. The second-order valence-electron chi connectivity index (χ2n) is 4.83. The van der Waals surface area contributed by atoms with Crippen LogP contribution >= 0.6 is 0 Å². The third kappa shape index (κ3) is 3.04. The van der Waals surface area contributed by atoms with E-state index in [-0.39, 0.29) is 29.5 Å². The van der Waals surface area contributed by atoms with Crippen LogP contribution in [0.2, 0.25) is 0 Å². The largest absolute Gasteiger partial charge is 0.369 e. The number of nitrogens with zero attached hydrogens (tertiary/aromatic N) is 2. The van der Waals surface area contributed by atoms with Crippen molar-refractivity contribution in [3.05, 3.63) is 29.6 Å². The van der Waals surface area contributed by atoms with Crippen LogP contribution in [-0.4, -0.2) is 31.7 Å². The van der Waals surface area contributed by atoms with Crippen LogP contribution in [0, 0.1) is 23.1 Å². The fraction of sp³-hybridized carbons (Fsp3) is 0.385. The second kappa shape index (κ2) is 5.79. The lowest BCUT2D eigenvalue weighted by atomic mass is 9.98. The van der Waals surface area contributed by atoms with Gasteiger partial charge in [0.25, 0.3) is 0 Å². The Labute approximate surface area is 122 Å². The van der Waals surface area contributed by atoms with Crippen LogP contribution in [0.1, 0.15) is 18.4 Å². The summed E-state index contributed by atoms with van der Waals surface area (Å²) >= 11 is 0. The summed E-state index contributed by atoms with van der Waals surface area (Å²) < 4.78 is 39.3. The van der Waals surface area contributed by atoms with Crippen molar-refractivity contribution < 1.29 is 17.6 Å². The van der Waals surface area contributed by atoms with E-state index in [0.717, 1.165) is 18.2 Å². The lowest BCUT2D eigenvalue weighted by molar-refractivity contribution is -0.122. The number of carbonyl (C=O) groups is 1. The van der Waals surface area contributed by atoms with Crippen LogP contribution in [0.4, 0.5) is 4.39 Å². The quantitative estimate of drug-likeness (QED) is 0.881. The molecule has 1 aliphatic rings. The van der Waals surface area contributed by atoms with E-state index in [1.807, 2.05) is 0 Å². The highest BCUT2D eigenvalue weighted by Gasteiger charge is 2.31. The number of nitriles is 1. The molecule has 6 nitrogen and oxygen atoms in total. The van der Waals surface area contributed by atoms with E-state index in [9.17, 15) is 17.6 Å². The third-order valence-corrected chi connectivity index (χ3v) is 5.45. The lowest BCUT2D eigenvalue weighted by Gasteiger charge is -2.29. The number of primary amides is 1. The average molecular weight is 311 g/mol. The van der Waals surface area contributed by atoms with Gasteiger partial charge in [0.1, 0.15) is 11.9 Å². The van der Waals surface area contributed by atoms with Gasteiger partial charge in [0.2, 0.25) is 15.9 Å². The molecule has 0 atom stereocenters. The van der Waals surface area contributed by atoms with E-state index in [2.05, 4.69) is 0 Å². The lowest BCUT2D eigenvalue weighted by Crippen LogP contribution is -2.41. The molecule has 0 aliphatic carbocycles. The Morgan fingerprint density at radius 1 is 1.38 bits per heavy atom. The summed E-state index contributed by atoms with van der Waals surface area (Å²) in [5.74, 6) is -1.51. The zero-order chi connectivity index (χ0) is 15.6. The van der Waals surface area contributed by atoms with Crippen LogP contribution in [-0.2, 0) is 14.8 Å². The van der Waals surface area contributed by atoms with Gasteiger partial charge in [-0.3, -0.25) is 4.79 Å². The number of piperidine rings is 1. The van der Waals surface area contributed by atoms with Gasteiger partial charge in [0.15, 0.2) is 0 Å². The first-order valence-corrected chi connectivity index (χ1v) is 7.79. The van der Waals surface area contributed by atoms with E-state index >= 15 is 0 Å². The number of hydrogen-bond acceptors (Lipinski definition) is 4. The number of sulfonamides is 1. The molecule has 1 aromatic rings. The Morgan fingerprint density at radius 3 is 2.52 bits per heavy atom. The Bertz CT molecular complexity index is 704. The molecule has 0 spiro atoms. The minimum absolute atomic E-state index is 0.127. The number of nitrogens with two attached hydrogens (primary N) is 1. The molecule has 2 N–H and O–H groups in total. The van der Waals surface area contributed by atoms with Crippen LogP contribution in [0.25, 0.3) is 0 Å². The van der Waals surface area contributed by atoms with Gasteiger partial charge in [0.05, 0.1) is 10.5 Å². The van der Waals surface area contributed by atoms with Gasteiger partial charge in [0, 0.05) is 19.0 Å². The summed E-state index contributed by atoms with van der Waals surface area (Å²) in [5.41, 5.74) is 4.89. The zero-order valence-corrected chi connectivity index (χ0v) is 11.9. The Morgan fingerprint density at radius 2 is 2.00 bits per heavy atom. The van der Waals surface area contributed by atoms with Crippen LogP contribution in [0.15, 0.2) is 23.1 Å². The first-order valence-electron chi connectivity index (χ1n) is 6.35. The van der Waals surface area contributed by atoms with Crippen molar-refractivity contribution in [1.29, 1.82) is 5.26 Å². The maximum atomic E-state index is 13.3. The number of rotatable bonds is 3. The Hall–Kier alpha value is -1.98. The fourth-order valence-corrected chi connectivity index (χ4v) is 3.78. The normalized spacial score (nSPS) is 17.3. The van der Waals surface area contributed by atoms with Gasteiger partial charge in [-0.25, -0.2) is 12.8 Å². The minimum atomic E-state index is -3.80. The van der Waals surface area contributed by atoms with E-state index in [4.69, 9.17) is 11.0 Å². The predicted molar refractivity (Wildman–Crippen MR) is 71.8 cm³/mol. The molecule has 1 amide bonds. The monoisotopic (exact) mass is 311 g/mol. The number of halogens is 1. The van der Waals surface area contributed by atoms with E-state index in [1.54, 1.807) is 6.07 Å². The van der Waals surface area contributed by atoms with Gasteiger partial charge in [-0.1, -0.05) is 0 Å². The van der Waals surface area contributed by atoms with Gasteiger partial charge < -0.3 is 5.73 Å². The smallest absolute Gasteiger partial charge is 0.243 e. The second-order valence-corrected chi connectivity index (χ2v) is 6.77. The zero-order valence-electron chi connectivity index (χ0n) is 11.1. The molecule has 112 valence electrons. The van der Waals surface area contributed by atoms with E-state index in [1.165, 1.54) is 4.31 Å². The molecule has 0 unspecified atom stereocenters. The fourth-order valence-electron chi connectivity index (χ4n) is 2.28. The molecule has 8 heteroatoms. The van der Waals surface area contributed by atoms with Crippen LogP contribution in [0.3, 0.4) is 0 Å². The highest BCUT2D eigenvalue weighted by Crippen LogP contribution is 2.24. The number of hydrogen-bond donors (Lipinski definition) is 1. The number of amides is 1. The van der Waals surface area contributed by atoms with Crippen molar-refractivity contribution in [1.82, 2.24) is 4.31 Å². The van der Waals surface area contributed by atoms with Crippen molar-refractivity contribution in [3.8, 4) is 6.07 Å². The molecule has 1 heterocycles. The predicted octanol–water partition coefficient (Wildman–Crippen LogP) is 0.583. The van der Waals surface area contributed by atoms with Crippen molar-refractivity contribution >= 4 is 15.9 Å². The maximum Gasteiger partial charge on any atom is 0.243 e. The standard InChI is InChI=1S/C13H14FN3O3S/c14-12-2-1-11(7-10(12)8-15)21(19,20)17-5-3-9(4-6-17)13(16)18/h1-2,7,9H,3-6H2,(H2,16,18). The summed E-state index contributed by atoms with van der Waals surface area (Å²) in [4.78, 5) is 11.0.